The number of hydrogen-bond donors (Lipinski definition) is 2. The number of aromatic nitrogens is 1. The van der Waals surface area contributed by atoms with Crippen LogP contribution in [0.3, 0.4) is 0 Å². The van der Waals surface area contributed by atoms with Crippen LogP contribution >= 0.6 is 0 Å². The summed E-state index contributed by atoms with van der Waals surface area (Å²) in [6, 6.07) is 7.11. The van der Waals surface area contributed by atoms with Gasteiger partial charge in [-0.15, -0.1) is 0 Å². The van der Waals surface area contributed by atoms with E-state index in [9.17, 15) is 9.59 Å². The van der Waals surface area contributed by atoms with Crippen molar-refractivity contribution in [2.75, 3.05) is 32.6 Å². The highest BCUT2D eigenvalue weighted by atomic mass is 16.5. The molecule has 150 valence electrons. The van der Waals surface area contributed by atoms with Gasteiger partial charge in [0, 0.05) is 38.0 Å². The zero-order valence-electron chi connectivity index (χ0n) is 16.4. The van der Waals surface area contributed by atoms with E-state index >= 15 is 0 Å². The Morgan fingerprint density at radius 1 is 1.18 bits per heavy atom. The normalized spacial score (nSPS) is 14.6. The first-order valence-corrected chi connectivity index (χ1v) is 9.54. The molecule has 3 rings (SSSR count). The first-order valence-electron chi connectivity index (χ1n) is 9.54. The maximum absolute atomic E-state index is 12.4. The first kappa shape index (κ1) is 19.8. The second-order valence-electron chi connectivity index (χ2n) is 6.99. The fraction of sp³-hybridized carbons (Fsp3) is 0.429. The quantitative estimate of drug-likeness (QED) is 0.766. The van der Waals surface area contributed by atoms with Gasteiger partial charge in [-0.25, -0.2) is 0 Å². The van der Waals surface area contributed by atoms with Crippen LogP contribution in [0.5, 0.6) is 11.5 Å². The van der Waals surface area contributed by atoms with E-state index in [0.717, 1.165) is 32.4 Å². The van der Waals surface area contributed by atoms with Crippen LogP contribution in [0.15, 0.2) is 36.7 Å². The molecule has 2 N–H and O–H groups in total. The largest absolute Gasteiger partial charge is 0.497 e. The van der Waals surface area contributed by atoms with Crippen LogP contribution in [0.2, 0.25) is 0 Å². The SMILES string of the molecule is COc1ccc(NC(=O)CCC2CCN(C(=O)c3cc[nH]c3)CC2)c(OC)c1. The summed E-state index contributed by atoms with van der Waals surface area (Å²) in [5.41, 5.74) is 1.34. The molecule has 1 aromatic heterocycles. The zero-order chi connectivity index (χ0) is 19.9. The molecular formula is C21H27N3O4. The Morgan fingerprint density at radius 2 is 1.96 bits per heavy atom. The molecule has 0 saturated carbocycles. The van der Waals surface area contributed by atoms with E-state index in [1.165, 1.54) is 0 Å². The summed E-state index contributed by atoms with van der Waals surface area (Å²) in [6.07, 6.45) is 6.61. The zero-order valence-corrected chi connectivity index (χ0v) is 16.4. The number of carbonyl (C=O) groups is 2. The number of piperidine rings is 1. The Bertz CT molecular complexity index is 796. The number of likely N-dealkylation sites (tertiary alicyclic amines) is 1. The van der Waals surface area contributed by atoms with Crippen molar-refractivity contribution in [1.82, 2.24) is 9.88 Å². The Labute approximate surface area is 165 Å². The van der Waals surface area contributed by atoms with E-state index in [1.807, 2.05) is 4.90 Å². The van der Waals surface area contributed by atoms with Crippen molar-refractivity contribution in [3.8, 4) is 11.5 Å². The highest BCUT2D eigenvalue weighted by Crippen LogP contribution is 2.29. The Hall–Kier alpha value is -2.96. The molecule has 2 amide bonds. The summed E-state index contributed by atoms with van der Waals surface area (Å²) in [5, 5.41) is 2.91. The van der Waals surface area contributed by atoms with Gasteiger partial charge in [0.1, 0.15) is 11.5 Å². The summed E-state index contributed by atoms with van der Waals surface area (Å²) < 4.78 is 10.5. The summed E-state index contributed by atoms with van der Waals surface area (Å²) in [7, 11) is 3.15. The van der Waals surface area contributed by atoms with Gasteiger partial charge in [0.05, 0.1) is 25.5 Å². The van der Waals surface area contributed by atoms with Gasteiger partial charge in [-0.2, -0.15) is 0 Å². The maximum Gasteiger partial charge on any atom is 0.255 e. The van der Waals surface area contributed by atoms with Crippen molar-refractivity contribution in [1.29, 1.82) is 0 Å². The van der Waals surface area contributed by atoms with E-state index < -0.39 is 0 Å². The summed E-state index contributed by atoms with van der Waals surface area (Å²) in [5.74, 6) is 1.75. The predicted molar refractivity (Wildman–Crippen MR) is 107 cm³/mol. The van der Waals surface area contributed by atoms with Crippen LogP contribution < -0.4 is 14.8 Å². The van der Waals surface area contributed by atoms with Crippen molar-refractivity contribution in [2.45, 2.75) is 25.7 Å². The van der Waals surface area contributed by atoms with Gasteiger partial charge < -0.3 is 24.7 Å². The van der Waals surface area contributed by atoms with Crippen LogP contribution in [0, 0.1) is 5.92 Å². The first-order chi connectivity index (χ1) is 13.6. The van der Waals surface area contributed by atoms with Crippen LogP contribution in [-0.4, -0.2) is 49.0 Å². The lowest BCUT2D eigenvalue weighted by atomic mass is 9.92. The van der Waals surface area contributed by atoms with Crippen molar-refractivity contribution in [3.63, 3.8) is 0 Å². The molecule has 28 heavy (non-hydrogen) atoms. The lowest BCUT2D eigenvalue weighted by Gasteiger charge is -2.31. The Kier molecular flexibility index (Phi) is 6.57. The third-order valence-electron chi connectivity index (χ3n) is 5.21. The smallest absolute Gasteiger partial charge is 0.255 e. The minimum atomic E-state index is -0.0331. The van der Waals surface area contributed by atoms with Gasteiger partial charge >= 0.3 is 0 Å². The number of nitrogens with zero attached hydrogens (tertiary/aromatic N) is 1. The average Bonchev–Trinajstić information content (AvgIpc) is 3.27. The molecule has 2 aromatic rings. The van der Waals surface area contributed by atoms with Gasteiger partial charge in [-0.3, -0.25) is 9.59 Å². The molecule has 1 fully saturated rings. The monoisotopic (exact) mass is 385 g/mol. The number of methoxy groups -OCH3 is 2. The van der Waals surface area contributed by atoms with E-state index in [-0.39, 0.29) is 11.8 Å². The molecule has 0 spiro atoms. The highest BCUT2D eigenvalue weighted by molar-refractivity contribution is 5.94. The maximum atomic E-state index is 12.4. The second-order valence-corrected chi connectivity index (χ2v) is 6.99. The third-order valence-corrected chi connectivity index (χ3v) is 5.21. The predicted octanol–water partition coefficient (Wildman–Crippen LogP) is 3.30. The van der Waals surface area contributed by atoms with Gasteiger partial charge in [-0.05, 0) is 43.4 Å². The number of carbonyl (C=O) groups excluding carboxylic acids is 2. The number of amides is 2. The van der Waals surface area contributed by atoms with E-state index in [1.54, 1.807) is 50.9 Å². The number of aromatic amines is 1. The van der Waals surface area contributed by atoms with Crippen molar-refractivity contribution >= 4 is 17.5 Å². The van der Waals surface area contributed by atoms with Crippen LogP contribution in [-0.2, 0) is 4.79 Å². The van der Waals surface area contributed by atoms with Gasteiger partial charge in [0.15, 0.2) is 0 Å². The molecule has 0 bridgehead atoms. The fourth-order valence-corrected chi connectivity index (χ4v) is 3.51. The van der Waals surface area contributed by atoms with E-state index in [0.29, 0.717) is 35.1 Å². The molecule has 1 aliphatic heterocycles. The topological polar surface area (TPSA) is 83.7 Å². The Morgan fingerprint density at radius 3 is 2.61 bits per heavy atom. The summed E-state index contributed by atoms with van der Waals surface area (Å²) in [4.78, 5) is 29.5. The molecule has 0 unspecified atom stereocenters. The van der Waals surface area contributed by atoms with Crippen molar-refractivity contribution in [2.24, 2.45) is 5.92 Å². The Balaban J connectivity index is 1.44. The molecule has 0 aliphatic carbocycles. The second kappa shape index (κ2) is 9.30. The molecule has 1 saturated heterocycles. The third kappa shape index (κ3) is 4.85. The molecule has 1 aromatic carbocycles. The summed E-state index contributed by atoms with van der Waals surface area (Å²) in [6.45, 7) is 1.48. The summed E-state index contributed by atoms with van der Waals surface area (Å²) >= 11 is 0. The average molecular weight is 385 g/mol. The number of H-pyrrole nitrogens is 1. The minimum absolute atomic E-state index is 0.0331. The standard InChI is InChI=1S/C21H27N3O4/c1-27-17-4-5-18(19(13-17)28-2)23-20(25)6-3-15-8-11-24(12-9-15)21(26)16-7-10-22-14-16/h4-5,7,10,13-15,22H,3,6,8-9,11-12H2,1-2H3,(H,23,25). The highest BCUT2D eigenvalue weighted by Gasteiger charge is 2.24. The van der Waals surface area contributed by atoms with Crippen LogP contribution in [0.1, 0.15) is 36.0 Å². The molecule has 7 nitrogen and oxygen atoms in total. The number of ether oxygens (including phenoxy) is 2. The number of nitrogens with one attached hydrogen (secondary N) is 2. The molecule has 2 heterocycles. The van der Waals surface area contributed by atoms with E-state index in [4.69, 9.17) is 9.47 Å². The van der Waals surface area contributed by atoms with Crippen molar-refractivity contribution < 1.29 is 19.1 Å². The lowest BCUT2D eigenvalue weighted by Crippen LogP contribution is -2.38. The molecule has 0 atom stereocenters. The van der Waals surface area contributed by atoms with Crippen LogP contribution in [0.4, 0.5) is 5.69 Å². The number of rotatable bonds is 7. The van der Waals surface area contributed by atoms with E-state index in [2.05, 4.69) is 10.3 Å². The van der Waals surface area contributed by atoms with Crippen molar-refractivity contribution in [3.05, 3.63) is 42.2 Å². The fourth-order valence-electron chi connectivity index (χ4n) is 3.51. The molecule has 0 radical (unpaired) electrons. The minimum Gasteiger partial charge on any atom is -0.497 e. The number of anilines is 1. The lowest BCUT2D eigenvalue weighted by molar-refractivity contribution is -0.116. The van der Waals surface area contributed by atoms with Crippen LogP contribution in [0.25, 0.3) is 0 Å². The number of hydrogen-bond acceptors (Lipinski definition) is 4. The van der Waals surface area contributed by atoms with Gasteiger partial charge in [0.2, 0.25) is 5.91 Å². The van der Waals surface area contributed by atoms with Gasteiger partial charge in [-0.1, -0.05) is 0 Å². The molecular weight excluding hydrogens is 358 g/mol. The molecule has 1 aliphatic rings. The number of benzene rings is 1. The van der Waals surface area contributed by atoms with Gasteiger partial charge in [0.25, 0.3) is 5.91 Å². The molecule has 7 heteroatoms.